The van der Waals surface area contributed by atoms with Gasteiger partial charge in [-0.05, 0) is 23.8 Å². The van der Waals surface area contributed by atoms with Gasteiger partial charge in [0.05, 0.1) is 27.9 Å². The van der Waals surface area contributed by atoms with E-state index >= 15 is 0 Å². The summed E-state index contributed by atoms with van der Waals surface area (Å²) in [6.07, 6.45) is -2.09. The highest BCUT2D eigenvalue weighted by molar-refractivity contribution is 5.87. The minimum absolute atomic E-state index is 0.151. The number of carbonyl (C=O) groups excluding carboxylic acids is 1. The molecule has 0 aliphatic carbocycles. The molecule has 0 unspecified atom stereocenters. The molecule has 1 aromatic carbocycles. The van der Waals surface area contributed by atoms with Crippen molar-refractivity contribution in [1.82, 2.24) is 0 Å². The van der Waals surface area contributed by atoms with Crippen LogP contribution in [0.25, 0.3) is 6.08 Å². The molecule has 1 aromatic rings. The fourth-order valence-corrected chi connectivity index (χ4v) is 2.59. The molecule has 1 aliphatic rings. The number of carbonyl (C=O) groups is 1. The number of benzene rings is 1. The van der Waals surface area contributed by atoms with Crippen molar-refractivity contribution in [2.24, 2.45) is 0 Å². The maximum Gasteiger partial charge on any atom is 0.330 e. The van der Waals surface area contributed by atoms with E-state index in [1.54, 1.807) is 12.1 Å². The van der Waals surface area contributed by atoms with Gasteiger partial charge in [-0.15, -0.1) is 0 Å². The van der Waals surface area contributed by atoms with Gasteiger partial charge in [-0.2, -0.15) is 0 Å². The number of ether oxygens (including phenoxy) is 5. The van der Waals surface area contributed by atoms with Crippen LogP contribution in [-0.2, 0) is 14.3 Å². The number of esters is 1. The van der Waals surface area contributed by atoms with Gasteiger partial charge in [0.15, 0.2) is 11.5 Å². The van der Waals surface area contributed by atoms with Crippen LogP contribution < -0.4 is 14.2 Å². The first-order chi connectivity index (χ1) is 12.9. The average molecular weight is 384 g/mol. The van der Waals surface area contributed by atoms with Crippen LogP contribution in [-0.4, -0.2) is 80.2 Å². The molecule has 9 heteroatoms. The number of aliphatic hydroxyl groups is 3. The highest BCUT2D eigenvalue weighted by Crippen LogP contribution is 2.38. The van der Waals surface area contributed by atoms with Crippen molar-refractivity contribution in [1.29, 1.82) is 0 Å². The Labute approximate surface area is 156 Å². The molecule has 3 N–H and O–H groups in total. The lowest BCUT2D eigenvalue weighted by Crippen LogP contribution is -2.54. The molecule has 0 saturated carbocycles. The van der Waals surface area contributed by atoms with E-state index in [9.17, 15) is 20.1 Å². The maximum atomic E-state index is 11.9. The summed E-state index contributed by atoms with van der Waals surface area (Å²) in [6, 6.07) is 3.33. The van der Waals surface area contributed by atoms with Crippen LogP contribution in [0.1, 0.15) is 5.56 Å². The molecule has 0 spiro atoms. The van der Waals surface area contributed by atoms with E-state index in [4.69, 9.17) is 23.7 Å². The van der Waals surface area contributed by atoms with Crippen molar-refractivity contribution >= 4 is 12.0 Å². The van der Waals surface area contributed by atoms with E-state index in [1.807, 2.05) is 0 Å². The summed E-state index contributed by atoms with van der Waals surface area (Å²) in [6.45, 7) is -0.412. The molecule has 0 radical (unpaired) electrons. The lowest BCUT2D eigenvalue weighted by Gasteiger charge is -2.34. The van der Waals surface area contributed by atoms with Crippen LogP contribution in [0.5, 0.6) is 17.2 Å². The van der Waals surface area contributed by atoms with E-state index in [-0.39, 0.29) is 13.2 Å². The maximum absolute atomic E-state index is 11.9. The predicted octanol–water partition coefficient (Wildman–Crippen LogP) is -0.250. The van der Waals surface area contributed by atoms with Crippen LogP contribution in [0.4, 0.5) is 0 Å². The van der Waals surface area contributed by atoms with Crippen molar-refractivity contribution < 1.29 is 43.8 Å². The monoisotopic (exact) mass is 384 g/mol. The van der Waals surface area contributed by atoms with Crippen LogP contribution in [0, 0.1) is 0 Å². The van der Waals surface area contributed by atoms with Gasteiger partial charge in [-0.1, -0.05) is 0 Å². The molecule has 9 nitrogen and oxygen atoms in total. The van der Waals surface area contributed by atoms with Crippen LogP contribution in [0.3, 0.4) is 0 Å². The third-order valence-corrected chi connectivity index (χ3v) is 4.09. The number of rotatable bonds is 7. The van der Waals surface area contributed by atoms with Crippen molar-refractivity contribution in [3.63, 3.8) is 0 Å². The van der Waals surface area contributed by atoms with Crippen molar-refractivity contribution in [3.8, 4) is 17.2 Å². The summed E-state index contributed by atoms with van der Waals surface area (Å²) in [5.74, 6) is 0.649. The molecule has 0 aromatic heterocycles. The fourth-order valence-electron chi connectivity index (χ4n) is 2.59. The van der Waals surface area contributed by atoms with Gasteiger partial charge in [0, 0.05) is 6.08 Å². The van der Waals surface area contributed by atoms with Crippen LogP contribution >= 0.6 is 0 Å². The van der Waals surface area contributed by atoms with Crippen LogP contribution in [0.2, 0.25) is 0 Å². The van der Waals surface area contributed by atoms with Crippen molar-refractivity contribution in [3.05, 3.63) is 23.8 Å². The minimum atomic E-state index is -1.35. The third kappa shape index (κ3) is 5.10. The van der Waals surface area contributed by atoms with Gasteiger partial charge >= 0.3 is 5.97 Å². The molecule has 27 heavy (non-hydrogen) atoms. The Morgan fingerprint density at radius 3 is 2.30 bits per heavy atom. The molecular weight excluding hydrogens is 360 g/mol. The Morgan fingerprint density at radius 2 is 1.74 bits per heavy atom. The number of aliphatic hydroxyl groups excluding tert-OH is 3. The zero-order chi connectivity index (χ0) is 20.0. The lowest BCUT2D eigenvalue weighted by atomic mass is 10.0. The number of hydrogen-bond donors (Lipinski definition) is 3. The second-order valence-corrected chi connectivity index (χ2v) is 5.84. The molecule has 0 bridgehead atoms. The van der Waals surface area contributed by atoms with Gasteiger partial charge in [0.1, 0.15) is 31.0 Å². The first-order valence-electron chi connectivity index (χ1n) is 8.21. The van der Waals surface area contributed by atoms with Gasteiger partial charge in [0.2, 0.25) is 5.75 Å². The van der Waals surface area contributed by atoms with Crippen LogP contribution in [0.15, 0.2) is 18.2 Å². The highest BCUT2D eigenvalue weighted by Gasteiger charge is 2.37. The van der Waals surface area contributed by atoms with E-state index in [1.165, 1.54) is 33.5 Å². The Balaban J connectivity index is 1.98. The zero-order valence-corrected chi connectivity index (χ0v) is 15.3. The first kappa shape index (κ1) is 21.0. The second-order valence-electron chi connectivity index (χ2n) is 5.84. The normalized spacial score (nSPS) is 25.3. The van der Waals surface area contributed by atoms with Crippen molar-refractivity contribution in [2.75, 3.05) is 34.5 Å². The molecule has 1 heterocycles. The fraction of sp³-hybridized carbons (Fsp3) is 0.500. The van der Waals surface area contributed by atoms with Gasteiger partial charge < -0.3 is 39.0 Å². The Bertz CT molecular complexity index is 648. The Morgan fingerprint density at radius 1 is 1.11 bits per heavy atom. The average Bonchev–Trinajstić information content (AvgIpc) is 2.68. The SMILES string of the molecule is COc1cc(C=CC(=O)OC[C@H]2OC[C@H](O)[C@@H](O)[C@@H]2O)cc(OC)c1OC. The number of methoxy groups -OCH3 is 3. The third-order valence-electron chi connectivity index (χ3n) is 4.09. The molecule has 150 valence electrons. The van der Waals surface area contributed by atoms with Gasteiger partial charge in [-0.25, -0.2) is 4.79 Å². The molecule has 0 amide bonds. The smallest absolute Gasteiger partial charge is 0.330 e. The highest BCUT2D eigenvalue weighted by atomic mass is 16.6. The largest absolute Gasteiger partial charge is 0.493 e. The first-order valence-corrected chi connectivity index (χ1v) is 8.21. The minimum Gasteiger partial charge on any atom is -0.493 e. The van der Waals surface area contributed by atoms with E-state index in [0.717, 1.165) is 0 Å². The van der Waals surface area contributed by atoms with E-state index < -0.39 is 30.4 Å². The van der Waals surface area contributed by atoms with Crippen molar-refractivity contribution in [2.45, 2.75) is 24.4 Å². The van der Waals surface area contributed by atoms with E-state index in [2.05, 4.69) is 0 Å². The molecule has 2 rings (SSSR count). The standard InChI is InChI=1S/C18H24O9/c1-23-12-6-10(7-13(24-2)18(12)25-3)4-5-15(20)27-9-14-17(22)16(21)11(19)8-26-14/h4-7,11,14,16-17,19,21-22H,8-9H2,1-3H3/t11-,14+,16+,17+/m0/s1. The second kappa shape index (κ2) is 9.56. The summed E-state index contributed by atoms with van der Waals surface area (Å²) < 4.78 is 25.9. The Hall–Kier alpha value is -2.33. The molecule has 1 aliphatic heterocycles. The molecule has 1 fully saturated rings. The summed E-state index contributed by atoms with van der Waals surface area (Å²) in [4.78, 5) is 11.9. The number of hydrogen-bond acceptors (Lipinski definition) is 9. The summed E-state index contributed by atoms with van der Waals surface area (Å²) >= 11 is 0. The zero-order valence-electron chi connectivity index (χ0n) is 15.3. The summed E-state index contributed by atoms with van der Waals surface area (Å²) in [5, 5.41) is 28.8. The molecule has 4 atom stereocenters. The van der Waals surface area contributed by atoms with E-state index in [0.29, 0.717) is 22.8 Å². The lowest BCUT2D eigenvalue weighted by molar-refractivity contribution is -0.200. The predicted molar refractivity (Wildman–Crippen MR) is 93.9 cm³/mol. The topological polar surface area (TPSA) is 124 Å². The summed E-state index contributed by atoms with van der Waals surface area (Å²) in [5.41, 5.74) is 0.619. The summed E-state index contributed by atoms with van der Waals surface area (Å²) in [7, 11) is 4.46. The molecule has 1 saturated heterocycles. The quantitative estimate of drug-likeness (QED) is 0.431. The van der Waals surface area contributed by atoms with Gasteiger partial charge in [0.25, 0.3) is 0 Å². The van der Waals surface area contributed by atoms with Gasteiger partial charge in [-0.3, -0.25) is 0 Å². The molecular formula is C18H24O9. The Kier molecular flexibility index (Phi) is 7.43.